The summed E-state index contributed by atoms with van der Waals surface area (Å²) in [4.78, 5) is 12.4. The zero-order valence-electron chi connectivity index (χ0n) is 12.1. The molecule has 0 aliphatic rings. The number of nitrogens with one attached hydrogen (secondary N) is 1. The van der Waals surface area contributed by atoms with Crippen LogP contribution in [0.15, 0.2) is 54.6 Å². The topological polar surface area (TPSA) is 38.3 Å². The van der Waals surface area contributed by atoms with Crippen LogP contribution in [0.4, 0.5) is 10.1 Å². The second-order valence-electron chi connectivity index (χ2n) is 4.72. The van der Waals surface area contributed by atoms with E-state index in [1.54, 1.807) is 18.2 Å². The van der Waals surface area contributed by atoms with Crippen molar-refractivity contribution in [2.24, 2.45) is 0 Å². The van der Waals surface area contributed by atoms with E-state index in [4.69, 9.17) is 4.74 Å². The molecule has 110 valence electrons. The Kier molecular flexibility index (Phi) is 4.58. The molecule has 4 heteroatoms. The number of rotatable bonds is 5. The molecular formula is C17H18FNO2. The SMILES string of the molecule is CCC(Nc1ccccc1F)(C(=O)OC)c1ccccc1. The number of para-hydroxylation sites is 1. The number of hydrogen-bond acceptors (Lipinski definition) is 3. The van der Waals surface area contributed by atoms with Gasteiger partial charge in [-0.15, -0.1) is 0 Å². The maximum Gasteiger partial charge on any atom is 0.336 e. The average molecular weight is 287 g/mol. The monoisotopic (exact) mass is 287 g/mol. The van der Waals surface area contributed by atoms with Crippen molar-refractivity contribution in [1.29, 1.82) is 0 Å². The number of esters is 1. The summed E-state index contributed by atoms with van der Waals surface area (Å²) in [5.74, 6) is -0.852. The molecule has 0 aliphatic carbocycles. The molecule has 0 saturated carbocycles. The molecule has 0 radical (unpaired) electrons. The summed E-state index contributed by atoms with van der Waals surface area (Å²) in [7, 11) is 1.33. The van der Waals surface area contributed by atoms with Crippen LogP contribution in [0, 0.1) is 5.82 Å². The van der Waals surface area contributed by atoms with Crippen LogP contribution in [0.5, 0.6) is 0 Å². The van der Waals surface area contributed by atoms with Crippen LogP contribution in [-0.4, -0.2) is 13.1 Å². The maximum absolute atomic E-state index is 13.9. The predicted molar refractivity (Wildman–Crippen MR) is 80.4 cm³/mol. The summed E-state index contributed by atoms with van der Waals surface area (Å²) in [5, 5.41) is 3.03. The van der Waals surface area contributed by atoms with Crippen LogP contribution in [0.3, 0.4) is 0 Å². The van der Waals surface area contributed by atoms with Gasteiger partial charge in [-0.05, 0) is 24.1 Å². The number of carbonyl (C=O) groups is 1. The minimum atomic E-state index is -1.11. The van der Waals surface area contributed by atoms with Gasteiger partial charge in [0.1, 0.15) is 5.82 Å². The molecule has 1 N–H and O–H groups in total. The predicted octanol–water partition coefficient (Wildman–Crippen LogP) is 3.72. The van der Waals surface area contributed by atoms with Crippen LogP contribution in [0.2, 0.25) is 0 Å². The molecule has 0 saturated heterocycles. The first kappa shape index (κ1) is 15.0. The van der Waals surface area contributed by atoms with Crippen molar-refractivity contribution >= 4 is 11.7 Å². The first-order valence-electron chi connectivity index (χ1n) is 6.80. The molecule has 2 rings (SSSR count). The second kappa shape index (κ2) is 6.39. The second-order valence-corrected chi connectivity index (χ2v) is 4.72. The van der Waals surface area contributed by atoms with Gasteiger partial charge < -0.3 is 10.1 Å². The van der Waals surface area contributed by atoms with Crippen molar-refractivity contribution in [3.63, 3.8) is 0 Å². The van der Waals surface area contributed by atoms with Crippen molar-refractivity contribution in [1.82, 2.24) is 0 Å². The van der Waals surface area contributed by atoms with Crippen molar-refractivity contribution in [2.75, 3.05) is 12.4 Å². The fourth-order valence-corrected chi connectivity index (χ4v) is 2.37. The lowest BCUT2D eigenvalue weighted by atomic mass is 9.86. The highest BCUT2D eigenvalue weighted by Gasteiger charge is 2.40. The molecule has 21 heavy (non-hydrogen) atoms. The van der Waals surface area contributed by atoms with Gasteiger partial charge in [-0.25, -0.2) is 9.18 Å². The van der Waals surface area contributed by atoms with Crippen molar-refractivity contribution < 1.29 is 13.9 Å². The Morgan fingerprint density at radius 1 is 1.14 bits per heavy atom. The van der Waals surface area contributed by atoms with Crippen molar-refractivity contribution in [3.8, 4) is 0 Å². The third kappa shape index (κ3) is 2.89. The number of halogens is 1. The minimum Gasteiger partial charge on any atom is -0.467 e. The van der Waals surface area contributed by atoms with Gasteiger partial charge in [0.05, 0.1) is 12.8 Å². The van der Waals surface area contributed by atoms with E-state index in [-0.39, 0.29) is 5.69 Å². The summed E-state index contributed by atoms with van der Waals surface area (Å²) in [6.07, 6.45) is 0.429. The molecule has 0 bridgehead atoms. The van der Waals surface area contributed by atoms with E-state index < -0.39 is 17.3 Å². The van der Waals surface area contributed by atoms with E-state index in [9.17, 15) is 9.18 Å². The average Bonchev–Trinajstić information content (AvgIpc) is 2.54. The third-order valence-electron chi connectivity index (χ3n) is 3.55. The highest BCUT2D eigenvalue weighted by atomic mass is 19.1. The fraction of sp³-hybridized carbons (Fsp3) is 0.235. The lowest BCUT2D eigenvalue weighted by Crippen LogP contribution is -2.44. The van der Waals surface area contributed by atoms with E-state index in [1.807, 2.05) is 37.3 Å². The lowest BCUT2D eigenvalue weighted by molar-refractivity contribution is -0.146. The van der Waals surface area contributed by atoms with Gasteiger partial charge in [-0.1, -0.05) is 49.4 Å². The molecule has 3 nitrogen and oxygen atoms in total. The molecule has 0 spiro atoms. The highest BCUT2D eigenvalue weighted by molar-refractivity contribution is 5.86. The zero-order valence-corrected chi connectivity index (χ0v) is 12.1. The first-order valence-corrected chi connectivity index (χ1v) is 6.80. The van der Waals surface area contributed by atoms with E-state index in [0.29, 0.717) is 6.42 Å². The van der Waals surface area contributed by atoms with Crippen molar-refractivity contribution in [2.45, 2.75) is 18.9 Å². The summed E-state index contributed by atoms with van der Waals surface area (Å²) >= 11 is 0. The largest absolute Gasteiger partial charge is 0.467 e. The van der Waals surface area contributed by atoms with E-state index >= 15 is 0 Å². The lowest BCUT2D eigenvalue weighted by Gasteiger charge is -2.32. The quantitative estimate of drug-likeness (QED) is 0.852. The molecule has 0 aliphatic heterocycles. The Morgan fingerprint density at radius 3 is 2.33 bits per heavy atom. The number of hydrogen-bond donors (Lipinski definition) is 1. The van der Waals surface area contributed by atoms with Crippen molar-refractivity contribution in [3.05, 3.63) is 66.0 Å². The van der Waals surface area contributed by atoms with Gasteiger partial charge in [-0.3, -0.25) is 0 Å². The number of anilines is 1. The Balaban J connectivity index is 2.51. The molecule has 0 aromatic heterocycles. The molecule has 2 aromatic rings. The van der Waals surface area contributed by atoms with Gasteiger partial charge in [0.25, 0.3) is 0 Å². The van der Waals surface area contributed by atoms with Crippen LogP contribution in [0.1, 0.15) is 18.9 Å². The summed E-state index contributed by atoms with van der Waals surface area (Å²) in [5.41, 5.74) is -0.103. The summed E-state index contributed by atoms with van der Waals surface area (Å²) < 4.78 is 18.9. The minimum absolute atomic E-state index is 0.272. The molecular weight excluding hydrogens is 269 g/mol. The van der Waals surface area contributed by atoms with Gasteiger partial charge in [0.2, 0.25) is 0 Å². The molecule has 0 amide bonds. The van der Waals surface area contributed by atoms with Crippen LogP contribution in [0.25, 0.3) is 0 Å². The fourth-order valence-electron chi connectivity index (χ4n) is 2.37. The molecule has 0 fully saturated rings. The maximum atomic E-state index is 13.9. The number of methoxy groups -OCH3 is 1. The highest BCUT2D eigenvalue weighted by Crippen LogP contribution is 2.32. The number of carbonyl (C=O) groups excluding carboxylic acids is 1. The van der Waals surface area contributed by atoms with E-state index in [1.165, 1.54) is 13.2 Å². The normalized spacial score (nSPS) is 13.3. The summed E-state index contributed by atoms with van der Waals surface area (Å²) in [6, 6.07) is 15.5. The Labute approximate surface area is 123 Å². The van der Waals surface area contributed by atoms with Gasteiger partial charge >= 0.3 is 5.97 Å². The third-order valence-corrected chi connectivity index (χ3v) is 3.55. The summed E-state index contributed by atoms with van der Waals surface area (Å²) in [6.45, 7) is 1.86. The van der Waals surface area contributed by atoms with Gasteiger partial charge in [0, 0.05) is 0 Å². The standard InChI is InChI=1S/C17H18FNO2/c1-3-17(16(20)21-2,13-9-5-4-6-10-13)19-15-12-8-7-11-14(15)18/h4-12,19H,3H2,1-2H3. The Bertz CT molecular complexity index is 615. The Morgan fingerprint density at radius 2 is 1.76 bits per heavy atom. The first-order chi connectivity index (χ1) is 10.1. The molecule has 1 unspecified atom stereocenters. The molecule has 1 atom stereocenters. The zero-order chi connectivity index (χ0) is 15.3. The Hall–Kier alpha value is -2.36. The smallest absolute Gasteiger partial charge is 0.336 e. The van der Waals surface area contributed by atoms with E-state index in [2.05, 4.69) is 5.32 Å². The van der Waals surface area contributed by atoms with Crippen LogP contribution >= 0.6 is 0 Å². The molecule has 2 aromatic carbocycles. The van der Waals surface area contributed by atoms with E-state index in [0.717, 1.165) is 5.56 Å². The van der Waals surface area contributed by atoms with Gasteiger partial charge in [0.15, 0.2) is 5.54 Å². The van der Waals surface area contributed by atoms with Gasteiger partial charge in [-0.2, -0.15) is 0 Å². The molecule has 0 heterocycles. The number of benzene rings is 2. The van der Waals surface area contributed by atoms with Crippen LogP contribution < -0.4 is 5.32 Å². The van der Waals surface area contributed by atoms with Crippen LogP contribution in [-0.2, 0) is 15.1 Å². The number of ether oxygens (including phenoxy) is 1.